The molecule has 0 saturated heterocycles. The third-order valence-corrected chi connectivity index (χ3v) is 7.83. The monoisotopic (exact) mass is 481 g/mol. The summed E-state index contributed by atoms with van der Waals surface area (Å²) in [6, 6.07) is 13.3. The van der Waals surface area contributed by atoms with E-state index in [4.69, 9.17) is 4.52 Å². The van der Waals surface area contributed by atoms with Gasteiger partial charge in [-0.1, -0.05) is 50.0 Å². The van der Waals surface area contributed by atoms with Crippen LogP contribution in [-0.2, 0) is 10.0 Å². The lowest BCUT2D eigenvalue weighted by Crippen LogP contribution is -2.32. The summed E-state index contributed by atoms with van der Waals surface area (Å²) in [5.74, 6) is 0.378. The molecule has 1 saturated carbocycles. The minimum Gasteiger partial charge on any atom is -0.337 e. The van der Waals surface area contributed by atoms with E-state index in [-0.39, 0.29) is 28.4 Å². The number of nitrogens with one attached hydrogen (secondary N) is 2. The van der Waals surface area contributed by atoms with E-state index < -0.39 is 16.1 Å². The van der Waals surface area contributed by atoms with Crippen molar-refractivity contribution in [2.24, 2.45) is 5.92 Å². The fourth-order valence-corrected chi connectivity index (χ4v) is 5.94. The molecule has 1 atom stereocenters. The van der Waals surface area contributed by atoms with Crippen molar-refractivity contribution in [2.75, 3.05) is 0 Å². The van der Waals surface area contributed by atoms with Crippen LogP contribution in [0.15, 0.2) is 62.7 Å². The van der Waals surface area contributed by atoms with E-state index in [2.05, 4.69) is 19.8 Å². The first-order valence-corrected chi connectivity index (χ1v) is 13.0. The molecule has 0 unspecified atom stereocenters. The Kier molecular flexibility index (Phi) is 5.86. The van der Waals surface area contributed by atoms with E-state index in [1.807, 2.05) is 36.6 Å². The standard InChI is InChI=1S/C24H27N5O4S/c1-15(2)21(28-34(31,32)18-10-4-3-5-11-18)23-26-22(27-33-23)16-12-13-20-19(14-16)25-24(30)29(20)17-8-6-7-9-17/h3-5,10-15,17,21,28H,6-9H2,1-2H3,(H,25,30)/t21-/m0/s1. The Labute approximate surface area is 197 Å². The van der Waals surface area contributed by atoms with Gasteiger partial charge < -0.3 is 9.51 Å². The minimum absolute atomic E-state index is 0.108. The third-order valence-electron chi connectivity index (χ3n) is 6.37. The first-order chi connectivity index (χ1) is 16.3. The maximum Gasteiger partial charge on any atom is 0.326 e. The highest BCUT2D eigenvalue weighted by Crippen LogP contribution is 2.32. The second-order valence-electron chi connectivity index (χ2n) is 9.08. The summed E-state index contributed by atoms with van der Waals surface area (Å²) in [5.41, 5.74) is 2.14. The average Bonchev–Trinajstić information content (AvgIpc) is 3.57. The molecule has 9 nitrogen and oxygen atoms in total. The molecule has 0 amide bonds. The van der Waals surface area contributed by atoms with Gasteiger partial charge in [-0.2, -0.15) is 9.71 Å². The van der Waals surface area contributed by atoms with Gasteiger partial charge in [0.15, 0.2) is 0 Å². The second kappa shape index (κ2) is 8.84. The van der Waals surface area contributed by atoms with Crippen molar-refractivity contribution >= 4 is 21.1 Å². The highest BCUT2D eigenvalue weighted by Gasteiger charge is 2.29. The summed E-state index contributed by atoms with van der Waals surface area (Å²) in [5, 5.41) is 4.09. The summed E-state index contributed by atoms with van der Waals surface area (Å²) in [6.07, 6.45) is 4.30. The van der Waals surface area contributed by atoms with Crippen molar-refractivity contribution in [3.8, 4) is 11.4 Å². The predicted molar refractivity (Wildman–Crippen MR) is 128 cm³/mol. The number of hydrogen-bond acceptors (Lipinski definition) is 6. The smallest absolute Gasteiger partial charge is 0.326 e. The van der Waals surface area contributed by atoms with Crippen LogP contribution in [0.2, 0.25) is 0 Å². The van der Waals surface area contributed by atoms with E-state index >= 15 is 0 Å². The normalized spacial score (nSPS) is 16.0. The van der Waals surface area contributed by atoms with Gasteiger partial charge >= 0.3 is 5.69 Å². The van der Waals surface area contributed by atoms with Crippen LogP contribution in [0.25, 0.3) is 22.4 Å². The maximum atomic E-state index is 12.8. The number of hydrogen-bond donors (Lipinski definition) is 2. The summed E-state index contributed by atoms with van der Waals surface area (Å²) < 4.78 is 35.7. The van der Waals surface area contributed by atoms with Gasteiger partial charge in [-0.25, -0.2) is 13.2 Å². The van der Waals surface area contributed by atoms with Gasteiger partial charge in [0.05, 0.1) is 15.9 Å². The Morgan fingerprint density at radius 1 is 1.12 bits per heavy atom. The number of aromatic amines is 1. The van der Waals surface area contributed by atoms with E-state index in [1.54, 1.807) is 18.2 Å². The Bertz CT molecular complexity index is 1460. The molecule has 1 aliphatic carbocycles. The molecule has 1 aliphatic rings. The zero-order valence-electron chi connectivity index (χ0n) is 19.1. The van der Waals surface area contributed by atoms with Crippen LogP contribution in [0, 0.1) is 5.92 Å². The summed E-state index contributed by atoms with van der Waals surface area (Å²) in [4.78, 5) is 20.2. The quantitative estimate of drug-likeness (QED) is 0.408. The van der Waals surface area contributed by atoms with Crippen molar-refractivity contribution in [3.63, 3.8) is 0 Å². The minimum atomic E-state index is -3.77. The van der Waals surface area contributed by atoms with E-state index in [1.165, 1.54) is 12.1 Å². The van der Waals surface area contributed by atoms with Gasteiger partial charge in [-0.15, -0.1) is 0 Å². The Balaban J connectivity index is 1.44. The van der Waals surface area contributed by atoms with Crippen LogP contribution in [0.3, 0.4) is 0 Å². The van der Waals surface area contributed by atoms with Crippen LogP contribution in [0.1, 0.15) is 57.5 Å². The number of nitrogens with zero attached hydrogens (tertiary/aromatic N) is 3. The van der Waals surface area contributed by atoms with Crippen molar-refractivity contribution in [1.29, 1.82) is 0 Å². The molecule has 2 heterocycles. The molecule has 0 bridgehead atoms. The highest BCUT2D eigenvalue weighted by molar-refractivity contribution is 7.89. The van der Waals surface area contributed by atoms with Crippen LogP contribution in [-0.4, -0.2) is 28.1 Å². The van der Waals surface area contributed by atoms with Gasteiger partial charge in [0, 0.05) is 11.6 Å². The maximum absolute atomic E-state index is 12.8. The first-order valence-electron chi connectivity index (χ1n) is 11.5. The zero-order valence-corrected chi connectivity index (χ0v) is 19.9. The number of sulfonamides is 1. The molecule has 0 radical (unpaired) electrons. The molecule has 34 heavy (non-hydrogen) atoms. The molecule has 2 aromatic heterocycles. The van der Waals surface area contributed by atoms with Crippen LogP contribution >= 0.6 is 0 Å². The molecule has 4 aromatic rings. The highest BCUT2D eigenvalue weighted by atomic mass is 32.2. The SMILES string of the molecule is CC(C)[C@H](NS(=O)(=O)c1ccccc1)c1nc(-c2ccc3c(c2)[nH]c(=O)n3C2CCCC2)no1. The molecule has 0 spiro atoms. The van der Waals surface area contributed by atoms with E-state index in [9.17, 15) is 13.2 Å². The summed E-state index contributed by atoms with van der Waals surface area (Å²) in [6.45, 7) is 3.76. The molecule has 10 heteroatoms. The number of aromatic nitrogens is 4. The Morgan fingerprint density at radius 2 is 1.85 bits per heavy atom. The van der Waals surface area contributed by atoms with Gasteiger partial charge in [0.25, 0.3) is 0 Å². The molecule has 0 aliphatic heterocycles. The summed E-state index contributed by atoms with van der Waals surface area (Å²) in [7, 11) is -3.77. The molecule has 1 fully saturated rings. The molecule has 5 rings (SSSR count). The van der Waals surface area contributed by atoms with Gasteiger partial charge in [-0.3, -0.25) is 4.57 Å². The van der Waals surface area contributed by atoms with Crippen LogP contribution in [0.4, 0.5) is 0 Å². The van der Waals surface area contributed by atoms with Crippen molar-refractivity contribution in [1.82, 2.24) is 24.4 Å². The number of H-pyrrole nitrogens is 1. The molecular weight excluding hydrogens is 454 g/mol. The van der Waals surface area contributed by atoms with Crippen LogP contribution < -0.4 is 10.4 Å². The fourth-order valence-electron chi connectivity index (χ4n) is 4.58. The number of rotatable bonds is 7. The average molecular weight is 482 g/mol. The number of imidazole rings is 1. The first kappa shape index (κ1) is 22.5. The molecular formula is C24H27N5O4S. The van der Waals surface area contributed by atoms with Gasteiger partial charge in [-0.05, 0) is 49.1 Å². The number of benzene rings is 2. The Morgan fingerprint density at radius 3 is 2.56 bits per heavy atom. The topological polar surface area (TPSA) is 123 Å². The van der Waals surface area contributed by atoms with Gasteiger partial charge in [0.1, 0.15) is 6.04 Å². The lowest BCUT2D eigenvalue weighted by atomic mass is 10.1. The fraction of sp³-hybridized carbons (Fsp3) is 0.375. The van der Waals surface area contributed by atoms with Gasteiger partial charge in [0.2, 0.25) is 21.7 Å². The predicted octanol–water partition coefficient (Wildman–Crippen LogP) is 4.17. The lowest BCUT2D eigenvalue weighted by molar-refractivity contribution is 0.311. The zero-order chi connectivity index (χ0) is 23.9. The molecule has 2 aromatic carbocycles. The Hall–Kier alpha value is -3.24. The molecule has 178 valence electrons. The molecule has 2 N–H and O–H groups in total. The number of fused-ring (bicyclic) bond motifs is 1. The van der Waals surface area contributed by atoms with Crippen LogP contribution in [0.5, 0.6) is 0 Å². The van der Waals surface area contributed by atoms with Crippen molar-refractivity contribution < 1.29 is 12.9 Å². The third kappa shape index (κ3) is 4.19. The second-order valence-corrected chi connectivity index (χ2v) is 10.8. The van der Waals surface area contributed by atoms with E-state index in [0.29, 0.717) is 16.9 Å². The van der Waals surface area contributed by atoms with Crippen molar-refractivity contribution in [2.45, 2.75) is 56.5 Å². The van der Waals surface area contributed by atoms with Crippen molar-refractivity contribution in [3.05, 3.63) is 64.9 Å². The van der Waals surface area contributed by atoms with E-state index in [0.717, 1.165) is 31.2 Å². The summed E-state index contributed by atoms with van der Waals surface area (Å²) >= 11 is 0. The largest absolute Gasteiger partial charge is 0.337 e. The lowest BCUT2D eigenvalue weighted by Gasteiger charge is -2.18.